The molecule has 62 heavy (non-hydrogen) atoms. The van der Waals surface area contributed by atoms with Crippen molar-refractivity contribution in [1.82, 2.24) is 10.6 Å². The lowest BCUT2D eigenvalue weighted by Crippen LogP contribution is -2.47. The minimum atomic E-state index is -1.39. The summed E-state index contributed by atoms with van der Waals surface area (Å²) in [6.45, 7) is 3.23. The summed E-state index contributed by atoms with van der Waals surface area (Å²) >= 11 is 0. The highest BCUT2D eigenvalue weighted by molar-refractivity contribution is 5.87. The number of carboxylic acid groups (broad SMARTS) is 1. The maximum atomic E-state index is 12.8. The Morgan fingerprint density at radius 1 is 0.484 bits per heavy atom. The second-order valence-electron chi connectivity index (χ2n) is 15.4. The zero-order chi connectivity index (χ0) is 45.4. The summed E-state index contributed by atoms with van der Waals surface area (Å²) in [5.41, 5.74) is 0. The molecule has 2 amide bonds. The molecule has 0 rings (SSSR count). The van der Waals surface area contributed by atoms with Crippen LogP contribution < -0.4 is 10.6 Å². The Morgan fingerprint density at radius 2 is 0.903 bits per heavy atom. The molecular weight excluding hydrogens is 777 g/mol. The van der Waals surface area contributed by atoms with Gasteiger partial charge in [-0.2, -0.15) is 0 Å². The lowest BCUT2D eigenvalue weighted by atomic mass is 10.0. The number of allylic oxidation sites excluding steroid dienone is 18. The van der Waals surface area contributed by atoms with Gasteiger partial charge in [-0.15, -0.1) is 0 Å². The maximum Gasteiger partial charge on any atom is 0.328 e. The van der Waals surface area contributed by atoms with E-state index in [4.69, 9.17) is 14.9 Å². The first-order valence-corrected chi connectivity index (χ1v) is 23.8. The number of aliphatic hydroxyl groups is 1. The lowest BCUT2D eigenvalue weighted by molar-refractivity contribution is -0.150. The van der Waals surface area contributed by atoms with Crippen LogP contribution in [0.5, 0.6) is 0 Å². The fourth-order valence-corrected chi connectivity index (χ4v) is 6.20. The third kappa shape index (κ3) is 42.2. The number of esters is 1. The molecule has 2 unspecified atom stereocenters. The highest BCUT2D eigenvalue weighted by atomic mass is 16.5. The molecule has 0 aliphatic carbocycles. The molecule has 0 aromatic carbocycles. The van der Waals surface area contributed by atoms with Gasteiger partial charge in [0.1, 0.15) is 12.1 Å². The quantitative estimate of drug-likeness (QED) is 0.0272. The number of rotatable bonds is 41. The number of hydrogen-bond acceptors (Lipinski definition) is 6. The first kappa shape index (κ1) is 57.5. The first-order valence-electron chi connectivity index (χ1n) is 23.8. The van der Waals surface area contributed by atoms with Crippen molar-refractivity contribution in [3.63, 3.8) is 0 Å². The second kappa shape index (κ2) is 46.0. The highest BCUT2D eigenvalue weighted by Crippen LogP contribution is 2.17. The molecule has 0 aliphatic heterocycles. The standard InChI is InChI=1S/C53H84N2O7/c1-3-5-7-9-11-13-15-17-18-19-20-21-22-23-24-26-28-30-32-37-41-45-52(59)62-48(42-38-34-31-29-27-25-16-14-12-10-8-6-4-2)43-39-35-33-36-40-44-50(57)54-46-51(58)55-49(47-56)53(60)61/h5-8,11-14,17-18,20-21,23-25,27,31,34,48-49,56H,3-4,9-10,15-16,19,22,26,28-30,32-33,35-47H2,1-2H3,(H,54,57)(H,55,58)(H,60,61)/b7-5-,8-6-,13-11-,14-12-,18-17-,21-20-,24-23-,27-25-,34-31-. The summed E-state index contributed by atoms with van der Waals surface area (Å²) in [5, 5.41) is 22.6. The van der Waals surface area contributed by atoms with E-state index in [-0.39, 0.29) is 30.9 Å². The fourth-order valence-electron chi connectivity index (χ4n) is 6.20. The van der Waals surface area contributed by atoms with Crippen molar-refractivity contribution in [3.05, 3.63) is 109 Å². The zero-order valence-corrected chi connectivity index (χ0v) is 38.6. The van der Waals surface area contributed by atoms with Gasteiger partial charge in [0.2, 0.25) is 11.8 Å². The fraction of sp³-hybridized carbons (Fsp3) is 0.585. The topological polar surface area (TPSA) is 142 Å². The van der Waals surface area contributed by atoms with Crippen LogP contribution in [-0.4, -0.2) is 59.3 Å². The van der Waals surface area contributed by atoms with Crippen molar-refractivity contribution < 1.29 is 34.1 Å². The number of aliphatic carboxylic acids is 1. The number of nitrogens with one attached hydrogen (secondary N) is 2. The SMILES string of the molecule is CC/C=C\C/C=C\C/C=C\C/C=C\C/C=C\CCCCCCCC(=O)OC(CC/C=C\C/C=C\C/C=C\C/C=C\CC)CCCCCCCC(=O)NCC(=O)NC(CO)C(=O)O. The maximum absolute atomic E-state index is 12.8. The van der Waals surface area contributed by atoms with Crippen LogP contribution in [0.3, 0.4) is 0 Å². The molecule has 0 aliphatic rings. The minimum absolute atomic E-state index is 0.103. The predicted molar refractivity (Wildman–Crippen MR) is 259 cm³/mol. The van der Waals surface area contributed by atoms with E-state index < -0.39 is 24.5 Å². The monoisotopic (exact) mass is 861 g/mol. The summed E-state index contributed by atoms with van der Waals surface area (Å²) in [7, 11) is 0. The first-order chi connectivity index (χ1) is 30.3. The molecule has 0 aromatic heterocycles. The Morgan fingerprint density at radius 3 is 1.39 bits per heavy atom. The number of amides is 2. The van der Waals surface area contributed by atoms with E-state index in [0.29, 0.717) is 12.8 Å². The van der Waals surface area contributed by atoms with Gasteiger partial charge in [0.15, 0.2) is 0 Å². The Hall–Kier alpha value is -4.50. The van der Waals surface area contributed by atoms with Crippen LogP contribution in [-0.2, 0) is 23.9 Å². The van der Waals surface area contributed by atoms with Crippen molar-refractivity contribution in [2.75, 3.05) is 13.2 Å². The molecule has 4 N–H and O–H groups in total. The van der Waals surface area contributed by atoms with E-state index in [0.717, 1.165) is 128 Å². The van der Waals surface area contributed by atoms with Gasteiger partial charge in [0.05, 0.1) is 13.2 Å². The van der Waals surface area contributed by atoms with Gasteiger partial charge in [0.25, 0.3) is 0 Å². The summed E-state index contributed by atoms with van der Waals surface area (Å²) in [5.74, 6) is -2.39. The molecule has 0 heterocycles. The van der Waals surface area contributed by atoms with Crippen LogP contribution in [0.2, 0.25) is 0 Å². The second-order valence-corrected chi connectivity index (χ2v) is 15.4. The highest BCUT2D eigenvalue weighted by Gasteiger charge is 2.19. The molecule has 9 nitrogen and oxygen atoms in total. The summed E-state index contributed by atoms with van der Waals surface area (Å²) in [4.78, 5) is 47.7. The molecule has 0 aromatic rings. The molecule has 0 saturated carbocycles. The van der Waals surface area contributed by atoms with Crippen LogP contribution in [0.1, 0.15) is 174 Å². The number of carbonyl (C=O) groups is 4. The van der Waals surface area contributed by atoms with Crippen molar-refractivity contribution in [1.29, 1.82) is 0 Å². The van der Waals surface area contributed by atoms with Gasteiger partial charge in [-0.3, -0.25) is 14.4 Å². The molecule has 9 heteroatoms. The third-order valence-corrected chi connectivity index (χ3v) is 9.77. The van der Waals surface area contributed by atoms with Crippen LogP contribution in [0.15, 0.2) is 109 Å². The average molecular weight is 861 g/mol. The van der Waals surface area contributed by atoms with E-state index in [1.165, 1.54) is 12.8 Å². The number of hydrogen-bond donors (Lipinski definition) is 4. The molecule has 2 atom stereocenters. The van der Waals surface area contributed by atoms with E-state index >= 15 is 0 Å². The summed E-state index contributed by atoms with van der Waals surface area (Å²) in [6.07, 6.45) is 62.6. The Labute approximate surface area is 376 Å². The largest absolute Gasteiger partial charge is 0.480 e. The van der Waals surface area contributed by atoms with Crippen molar-refractivity contribution in [3.8, 4) is 0 Å². The molecule has 348 valence electrons. The third-order valence-electron chi connectivity index (χ3n) is 9.77. The Bertz CT molecular complexity index is 1400. The Balaban J connectivity index is 4.45. The van der Waals surface area contributed by atoms with Gasteiger partial charge in [0, 0.05) is 12.8 Å². The number of ether oxygens (including phenoxy) is 1. The summed E-state index contributed by atoms with van der Waals surface area (Å²) < 4.78 is 6.00. The molecule has 0 radical (unpaired) electrons. The minimum Gasteiger partial charge on any atom is -0.480 e. The summed E-state index contributed by atoms with van der Waals surface area (Å²) in [6, 6.07) is -1.39. The molecule has 0 saturated heterocycles. The van der Waals surface area contributed by atoms with E-state index in [9.17, 15) is 19.2 Å². The van der Waals surface area contributed by atoms with E-state index in [2.05, 4.69) is 134 Å². The number of carboxylic acids is 1. The predicted octanol–water partition coefficient (Wildman–Crippen LogP) is 12.4. The lowest BCUT2D eigenvalue weighted by Gasteiger charge is -2.17. The number of unbranched alkanes of at least 4 members (excludes halogenated alkanes) is 9. The molecule has 0 fully saturated rings. The molecule has 0 spiro atoms. The number of aliphatic hydroxyl groups excluding tert-OH is 1. The van der Waals surface area contributed by atoms with Crippen molar-refractivity contribution in [2.45, 2.75) is 187 Å². The Kier molecular flexibility index (Phi) is 42.7. The molecule has 0 bridgehead atoms. The van der Waals surface area contributed by atoms with E-state index in [1.807, 2.05) is 0 Å². The zero-order valence-electron chi connectivity index (χ0n) is 38.6. The van der Waals surface area contributed by atoms with Crippen LogP contribution >= 0.6 is 0 Å². The smallest absolute Gasteiger partial charge is 0.328 e. The van der Waals surface area contributed by atoms with Gasteiger partial charge in [-0.1, -0.05) is 162 Å². The van der Waals surface area contributed by atoms with E-state index in [1.54, 1.807) is 0 Å². The van der Waals surface area contributed by atoms with Gasteiger partial charge >= 0.3 is 11.9 Å². The van der Waals surface area contributed by atoms with Crippen LogP contribution in [0, 0.1) is 0 Å². The van der Waals surface area contributed by atoms with Gasteiger partial charge in [-0.25, -0.2) is 4.79 Å². The van der Waals surface area contributed by atoms with Crippen molar-refractivity contribution in [2.24, 2.45) is 0 Å². The average Bonchev–Trinajstić information content (AvgIpc) is 3.26. The van der Waals surface area contributed by atoms with Gasteiger partial charge < -0.3 is 25.6 Å². The van der Waals surface area contributed by atoms with Gasteiger partial charge in [-0.05, 0) is 109 Å². The van der Waals surface area contributed by atoms with Crippen LogP contribution in [0.25, 0.3) is 0 Å². The number of carbonyl (C=O) groups excluding carboxylic acids is 3. The van der Waals surface area contributed by atoms with Crippen LogP contribution in [0.4, 0.5) is 0 Å². The van der Waals surface area contributed by atoms with Crippen molar-refractivity contribution >= 4 is 23.8 Å². The normalized spacial score (nSPS) is 13.5. The molecular formula is C53H84N2O7.